The summed E-state index contributed by atoms with van der Waals surface area (Å²) in [5.41, 5.74) is 3.24. The van der Waals surface area contributed by atoms with Crippen molar-refractivity contribution in [3.05, 3.63) is 60.2 Å². The van der Waals surface area contributed by atoms with E-state index in [1.165, 1.54) is 0 Å². The highest BCUT2D eigenvalue weighted by atomic mass is 16.5. The van der Waals surface area contributed by atoms with Crippen LogP contribution >= 0.6 is 0 Å². The van der Waals surface area contributed by atoms with E-state index in [0.29, 0.717) is 0 Å². The third kappa shape index (κ3) is 2.35. The fraction of sp³-hybridized carbons (Fsp3) is 0.250. The number of ether oxygens (including phenoxy) is 1. The second-order valence-electron chi connectivity index (χ2n) is 6.24. The first kappa shape index (κ1) is 14.8. The third-order valence-corrected chi connectivity index (χ3v) is 4.90. The van der Waals surface area contributed by atoms with Gasteiger partial charge in [-0.3, -0.25) is 4.79 Å². The molecule has 2 aliphatic rings. The van der Waals surface area contributed by atoms with Crippen LogP contribution in [-0.2, 0) is 4.79 Å². The Morgan fingerprint density at radius 2 is 2.08 bits per heavy atom. The largest absolute Gasteiger partial charge is 0.455 e. The van der Waals surface area contributed by atoms with Gasteiger partial charge in [0.05, 0.1) is 17.8 Å². The number of carbonyl (C=O) groups is 1. The molecule has 0 unspecified atom stereocenters. The Morgan fingerprint density at radius 1 is 1.21 bits per heavy atom. The summed E-state index contributed by atoms with van der Waals surface area (Å²) in [4.78, 5) is 13.5. The van der Waals surface area contributed by atoms with Crippen LogP contribution < -0.4 is 15.0 Å². The minimum absolute atomic E-state index is 0.0688. The molecule has 2 aromatic rings. The van der Waals surface area contributed by atoms with Gasteiger partial charge >= 0.3 is 0 Å². The molecule has 1 fully saturated rings. The molecule has 0 aromatic heterocycles. The van der Waals surface area contributed by atoms with Crippen LogP contribution in [0.1, 0.15) is 30.0 Å². The van der Waals surface area contributed by atoms with Crippen LogP contribution in [0.2, 0.25) is 0 Å². The first-order valence-electron chi connectivity index (χ1n) is 8.31. The summed E-state index contributed by atoms with van der Waals surface area (Å²) in [6.45, 7) is 4.81. The number of para-hydroxylation sites is 1. The Kier molecular flexibility index (Phi) is 3.73. The lowest BCUT2D eigenvalue weighted by atomic mass is 9.89. The van der Waals surface area contributed by atoms with Gasteiger partial charge in [0.2, 0.25) is 6.41 Å². The van der Waals surface area contributed by atoms with Crippen LogP contribution in [0, 0.1) is 0 Å². The zero-order valence-electron chi connectivity index (χ0n) is 13.4. The van der Waals surface area contributed by atoms with Crippen LogP contribution in [0.15, 0.2) is 49.0 Å². The molecular formula is C20H20N2O2. The number of carbonyl (C=O) groups excluding carboxylic acids is 1. The summed E-state index contributed by atoms with van der Waals surface area (Å²) in [5.74, 6) is 1.71. The number of hydrogen-bond donors (Lipinski definition) is 1. The predicted octanol–water partition coefficient (Wildman–Crippen LogP) is 3.89. The van der Waals surface area contributed by atoms with Crippen LogP contribution in [0.5, 0.6) is 11.5 Å². The zero-order valence-corrected chi connectivity index (χ0v) is 13.4. The summed E-state index contributed by atoms with van der Waals surface area (Å²) in [5, 5.41) is 3.01. The number of piperidine rings is 1. The minimum atomic E-state index is 0.0688. The molecule has 4 nitrogen and oxygen atoms in total. The van der Waals surface area contributed by atoms with Gasteiger partial charge in [-0.15, -0.1) is 0 Å². The average molecular weight is 320 g/mol. The molecule has 2 aliphatic heterocycles. The Morgan fingerprint density at radius 3 is 2.92 bits per heavy atom. The molecule has 0 bridgehead atoms. The van der Waals surface area contributed by atoms with E-state index >= 15 is 0 Å². The molecule has 0 radical (unpaired) electrons. The number of amides is 1. The molecule has 2 atom stereocenters. The lowest BCUT2D eigenvalue weighted by molar-refractivity contribution is -0.110. The van der Waals surface area contributed by atoms with E-state index in [4.69, 9.17) is 4.74 Å². The fourth-order valence-corrected chi connectivity index (χ4v) is 3.82. The first-order valence-corrected chi connectivity index (χ1v) is 8.31. The van der Waals surface area contributed by atoms with E-state index < -0.39 is 0 Å². The fourth-order valence-electron chi connectivity index (χ4n) is 3.82. The van der Waals surface area contributed by atoms with E-state index in [1.54, 1.807) is 0 Å². The maximum absolute atomic E-state index is 11.1. The summed E-state index contributed by atoms with van der Waals surface area (Å²) in [6, 6.07) is 14.4. The molecule has 122 valence electrons. The predicted molar refractivity (Wildman–Crippen MR) is 95.4 cm³/mol. The van der Waals surface area contributed by atoms with Gasteiger partial charge in [0.25, 0.3) is 0 Å². The monoisotopic (exact) mass is 320 g/mol. The molecule has 1 saturated heterocycles. The molecule has 24 heavy (non-hydrogen) atoms. The van der Waals surface area contributed by atoms with Crippen LogP contribution in [0.3, 0.4) is 0 Å². The lowest BCUT2D eigenvalue weighted by Crippen LogP contribution is -2.47. The number of nitrogens with zero attached hydrogens (tertiary/aromatic N) is 1. The van der Waals surface area contributed by atoms with Crippen molar-refractivity contribution in [2.24, 2.45) is 0 Å². The molecule has 4 rings (SSSR count). The van der Waals surface area contributed by atoms with Gasteiger partial charge in [-0.25, -0.2) is 0 Å². The van der Waals surface area contributed by atoms with Crippen molar-refractivity contribution in [3.8, 4) is 11.5 Å². The Bertz CT molecular complexity index is 787. The maximum atomic E-state index is 11.1. The second-order valence-corrected chi connectivity index (χ2v) is 6.24. The van der Waals surface area contributed by atoms with E-state index in [1.807, 2.05) is 36.4 Å². The number of rotatable bonds is 3. The van der Waals surface area contributed by atoms with Crippen molar-refractivity contribution < 1.29 is 9.53 Å². The topological polar surface area (TPSA) is 41.6 Å². The van der Waals surface area contributed by atoms with Crippen molar-refractivity contribution in [1.29, 1.82) is 0 Å². The van der Waals surface area contributed by atoms with Gasteiger partial charge < -0.3 is 15.0 Å². The molecule has 0 saturated carbocycles. The SMILES string of the molecule is C=Cc1ccc2c(c1)N1CCC[C@H](NC=O)[C@H]1c1ccccc1O2. The highest BCUT2D eigenvalue weighted by molar-refractivity contribution is 5.69. The smallest absolute Gasteiger partial charge is 0.207 e. The number of fused-ring (bicyclic) bond motifs is 5. The van der Waals surface area contributed by atoms with Crippen molar-refractivity contribution in [2.45, 2.75) is 24.9 Å². The van der Waals surface area contributed by atoms with Crippen molar-refractivity contribution in [2.75, 3.05) is 11.4 Å². The zero-order chi connectivity index (χ0) is 16.5. The Hall–Kier alpha value is -2.75. The van der Waals surface area contributed by atoms with Crippen LogP contribution in [-0.4, -0.2) is 19.0 Å². The molecule has 0 spiro atoms. The molecule has 1 amide bonds. The number of anilines is 1. The van der Waals surface area contributed by atoms with Crippen LogP contribution in [0.25, 0.3) is 6.08 Å². The van der Waals surface area contributed by atoms with Gasteiger partial charge in [0.15, 0.2) is 5.75 Å². The summed E-state index contributed by atoms with van der Waals surface area (Å²) in [7, 11) is 0. The first-order chi connectivity index (χ1) is 11.8. The van der Waals surface area contributed by atoms with Gasteiger partial charge in [-0.1, -0.05) is 36.9 Å². The van der Waals surface area contributed by atoms with E-state index in [2.05, 4.69) is 28.9 Å². The standard InChI is InChI=1S/C20H20N2O2/c1-2-14-9-10-19-17(12-14)22-11-5-7-16(21-13-23)20(22)15-6-3-4-8-18(15)24-19/h2-4,6,8-10,12-13,16,20H,1,5,7,11H2,(H,21,23)/t16-,20+/m0/s1. The number of nitrogens with one attached hydrogen (secondary N) is 1. The number of hydrogen-bond acceptors (Lipinski definition) is 3. The van der Waals surface area contributed by atoms with Gasteiger partial charge in [-0.05, 0) is 36.6 Å². The van der Waals surface area contributed by atoms with Crippen molar-refractivity contribution in [3.63, 3.8) is 0 Å². The highest BCUT2D eigenvalue weighted by Gasteiger charge is 2.37. The lowest BCUT2D eigenvalue weighted by Gasteiger charge is -2.42. The summed E-state index contributed by atoms with van der Waals surface area (Å²) < 4.78 is 6.23. The summed E-state index contributed by atoms with van der Waals surface area (Å²) in [6.07, 6.45) is 4.65. The third-order valence-electron chi connectivity index (χ3n) is 4.90. The molecule has 1 N–H and O–H groups in total. The van der Waals surface area contributed by atoms with Gasteiger partial charge in [0, 0.05) is 12.1 Å². The summed E-state index contributed by atoms with van der Waals surface area (Å²) >= 11 is 0. The molecule has 2 heterocycles. The van der Waals surface area contributed by atoms with Crippen molar-refractivity contribution in [1.82, 2.24) is 5.32 Å². The molecule has 2 aromatic carbocycles. The molecule has 4 heteroatoms. The molecular weight excluding hydrogens is 300 g/mol. The Labute approximate surface area is 141 Å². The number of benzene rings is 2. The van der Waals surface area contributed by atoms with Gasteiger partial charge in [-0.2, -0.15) is 0 Å². The maximum Gasteiger partial charge on any atom is 0.207 e. The highest BCUT2D eigenvalue weighted by Crippen LogP contribution is 2.47. The minimum Gasteiger partial charge on any atom is -0.455 e. The normalized spacial score (nSPS) is 21.4. The van der Waals surface area contributed by atoms with Crippen LogP contribution in [0.4, 0.5) is 5.69 Å². The second kappa shape index (κ2) is 6.04. The quantitative estimate of drug-likeness (QED) is 0.872. The van der Waals surface area contributed by atoms with E-state index in [-0.39, 0.29) is 12.1 Å². The van der Waals surface area contributed by atoms with E-state index in [0.717, 1.165) is 54.1 Å². The Balaban J connectivity index is 1.91. The molecule has 0 aliphatic carbocycles. The van der Waals surface area contributed by atoms with Crippen molar-refractivity contribution >= 4 is 18.2 Å². The average Bonchev–Trinajstić information content (AvgIpc) is 2.76. The van der Waals surface area contributed by atoms with E-state index in [9.17, 15) is 4.79 Å². The van der Waals surface area contributed by atoms with Gasteiger partial charge in [0.1, 0.15) is 5.75 Å².